The summed E-state index contributed by atoms with van der Waals surface area (Å²) in [6.07, 6.45) is 3.29. The van der Waals surface area contributed by atoms with E-state index in [2.05, 4.69) is 34.4 Å². The Kier molecular flexibility index (Phi) is 7.35. The minimum Gasteiger partial charge on any atom is -0.350 e. The first-order valence-corrected chi connectivity index (χ1v) is 11.7. The predicted molar refractivity (Wildman–Crippen MR) is 131 cm³/mol. The Morgan fingerprint density at radius 3 is 2.61 bits per heavy atom. The molecule has 2 amide bonds. The molecule has 0 spiro atoms. The summed E-state index contributed by atoms with van der Waals surface area (Å²) in [6, 6.07) is 19.0. The van der Waals surface area contributed by atoms with Gasteiger partial charge in [0.15, 0.2) is 0 Å². The lowest BCUT2D eigenvalue weighted by atomic mass is 10.0. The zero-order chi connectivity index (χ0) is 23.2. The zero-order valence-electron chi connectivity index (χ0n) is 19.3. The van der Waals surface area contributed by atoms with Crippen LogP contribution in [0.2, 0.25) is 0 Å². The third-order valence-electron chi connectivity index (χ3n) is 6.07. The summed E-state index contributed by atoms with van der Waals surface area (Å²) in [6.45, 7) is 6.61. The van der Waals surface area contributed by atoms with Crippen LogP contribution in [0.15, 0.2) is 66.9 Å². The average Bonchev–Trinajstić information content (AvgIpc) is 3.25. The number of aromatic nitrogens is 1. The molecule has 33 heavy (non-hydrogen) atoms. The number of pyridine rings is 1. The Bertz CT molecular complexity index is 1100. The van der Waals surface area contributed by atoms with E-state index in [1.165, 1.54) is 0 Å². The Morgan fingerprint density at radius 1 is 1.06 bits per heavy atom. The van der Waals surface area contributed by atoms with E-state index in [0.717, 1.165) is 42.5 Å². The molecule has 1 aromatic heterocycles. The maximum absolute atomic E-state index is 13.1. The van der Waals surface area contributed by atoms with E-state index in [9.17, 15) is 9.59 Å². The molecule has 2 N–H and O–H groups in total. The van der Waals surface area contributed by atoms with Crippen LogP contribution in [0, 0.1) is 5.92 Å². The zero-order valence-corrected chi connectivity index (χ0v) is 19.3. The molecule has 0 unspecified atom stereocenters. The van der Waals surface area contributed by atoms with E-state index in [4.69, 9.17) is 0 Å². The molecule has 0 saturated carbocycles. The highest BCUT2D eigenvalue weighted by Gasteiger charge is 2.28. The van der Waals surface area contributed by atoms with E-state index in [-0.39, 0.29) is 23.8 Å². The van der Waals surface area contributed by atoms with Crippen LogP contribution in [0.1, 0.15) is 42.7 Å². The topological polar surface area (TPSA) is 74.3 Å². The van der Waals surface area contributed by atoms with Crippen LogP contribution in [0.3, 0.4) is 0 Å². The lowest BCUT2D eigenvalue weighted by Gasteiger charge is -2.23. The highest BCUT2D eigenvalue weighted by Crippen LogP contribution is 2.17. The van der Waals surface area contributed by atoms with E-state index in [1.807, 2.05) is 60.7 Å². The van der Waals surface area contributed by atoms with Crippen molar-refractivity contribution in [2.45, 2.75) is 45.3 Å². The van der Waals surface area contributed by atoms with Crippen LogP contribution < -0.4 is 10.6 Å². The second kappa shape index (κ2) is 10.6. The smallest absolute Gasteiger partial charge is 0.251 e. The van der Waals surface area contributed by atoms with Gasteiger partial charge in [0.25, 0.3) is 5.91 Å². The van der Waals surface area contributed by atoms with Crippen molar-refractivity contribution in [1.29, 1.82) is 0 Å². The molecule has 4 rings (SSSR count). The van der Waals surface area contributed by atoms with Crippen molar-refractivity contribution in [2.24, 2.45) is 5.92 Å². The summed E-state index contributed by atoms with van der Waals surface area (Å²) < 4.78 is 0. The van der Waals surface area contributed by atoms with Gasteiger partial charge in [-0.2, -0.15) is 0 Å². The molecule has 0 aliphatic carbocycles. The van der Waals surface area contributed by atoms with Gasteiger partial charge >= 0.3 is 0 Å². The minimum atomic E-state index is -0.561. The predicted octanol–water partition coefficient (Wildman–Crippen LogP) is 3.77. The fraction of sp³-hybridized carbons (Fsp3) is 0.370. The number of nitrogens with zero attached hydrogens (tertiary/aromatic N) is 2. The number of amides is 2. The van der Waals surface area contributed by atoms with Crippen molar-refractivity contribution in [1.82, 2.24) is 20.5 Å². The van der Waals surface area contributed by atoms with Gasteiger partial charge in [-0.3, -0.25) is 19.5 Å². The molecular weight excluding hydrogens is 412 g/mol. The quantitative estimate of drug-likeness (QED) is 0.555. The molecule has 2 heterocycles. The third kappa shape index (κ3) is 6.17. The highest BCUT2D eigenvalue weighted by molar-refractivity contribution is 6.00. The van der Waals surface area contributed by atoms with Gasteiger partial charge < -0.3 is 10.6 Å². The first-order chi connectivity index (χ1) is 16.0. The average molecular weight is 445 g/mol. The molecule has 2 atom stereocenters. The van der Waals surface area contributed by atoms with Crippen LogP contribution in [-0.2, 0) is 11.3 Å². The number of carbonyl (C=O) groups is 2. The standard InChI is InChI=1S/C27H32N4O2/c1-19(2)15-25(30-26(32)22-11-10-20-7-3-4-8-21(20)16-22)27(33)29-24-12-14-31(18-24)17-23-9-5-6-13-28-23/h3-11,13,16,19,24-25H,12,14-15,17-18H2,1-2H3,(H,29,33)(H,30,32)/t24-,25-/m0/s1. The SMILES string of the molecule is CC(C)C[C@H](NC(=O)c1ccc2ccccc2c1)C(=O)N[C@H]1CCN(Cc2ccccn2)C1. The molecular formula is C27H32N4O2. The summed E-state index contributed by atoms with van der Waals surface area (Å²) >= 11 is 0. The van der Waals surface area contributed by atoms with Gasteiger partial charge in [-0.15, -0.1) is 0 Å². The van der Waals surface area contributed by atoms with Crippen LogP contribution in [0.4, 0.5) is 0 Å². The summed E-state index contributed by atoms with van der Waals surface area (Å²) in [5.41, 5.74) is 1.60. The van der Waals surface area contributed by atoms with Crippen LogP contribution in [0.5, 0.6) is 0 Å². The van der Waals surface area contributed by atoms with Gasteiger partial charge in [-0.05, 0) is 53.8 Å². The molecule has 6 nitrogen and oxygen atoms in total. The van der Waals surface area contributed by atoms with Crippen molar-refractivity contribution < 1.29 is 9.59 Å². The molecule has 0 radical (unpaired) electrons. The van der Waals surface area contributed by atoms with Crippen LogP contribution >= 0.6 is 0 Å². The molecule has 6 heteroatoms. The van der Waals surface area contributed by atoms with Gasteiger partial charge in [0, 0.05) is 37.4 Å². The minimum absolute atomic E-state index is 0.0773. The number of fused-ring (bicyclic) bond motifs is 1. The first kappa shape index (κ1) is 22.9. The number of likely N-dealkylation sites (tertiary alicyclic amines) is 1. The van der Waals surface area contributed by atoms with Crippen molar-refractivity contribution in [2.75, 3.05) is 13.1 Å². The number of hydrogen-bond donors (Lipinski definition) is 2. The van der Waals surface area contributed by atoms with E-state index >= 15 is 0 Å². The fourth-order valence-electron chi connectivity index (χ4n) is 4.39. The Balaban J connectivity index is 1.37. The molecule has 0 bridgehead atoms. The Labute approximate surface area is 195 Å². The number of hydrogen-bond acceptors (Lipinski definition) is 4. The Morgan fingerprint density at radius 2 is 1.85 bits per heavy atom. The number of rotatable bonds is 8. The fourth-order valence-corrected chi connectivity index (χ4v) is 4.39. The van der Waals surface area contributed by atoms with Crippen molar-refractivity contribution in [3.8, 4) is 0 Å². The molecule has 1 fully saturated rings. The third-order valence-corrected chi connectivity index (χ3v) is 6.07. The van der Waals surface area contributed by atoms with Crippen molar-refractivity contribution in [3.63, 3.8) is 0 Å². The van der Waals surface area contributed by atoms with Gasteiger partial charge in [0.05, 0.1) is 5.69 Å². The maximum atomic E-state index is 13.1. The first-order valence-electron chi connectivity index (χ1n) is 11.7. The second-order valence-corrected chi connectivity index (χ2v) is 9.27. The van der Waals surface area contributed by atoms with E-state index in [1.54, 1.807) is 6.20 Å². The normalized spacial score (nSPS) is 17.2. The van der Waals surface area contributed by atoms with Crippen molar-refractivity contribution >= 4 is 22.6 Å². The highest BCUT2D eigenvalue weighted by atomic mass is 16.2. The van der Waals surface area contributed by atoms with Gasteiger partial charge in [-0.1, -0.05) is 50.2 Å². The number of benzene rings is 2. The molecule has 2 aromatic carbocycles. The lowest BCUT2D eigenvalue weighted by molar-refractivity contribution is -0.124. The van der Waals surface area contributed by atoms with E-state index in [0.29, 0.717) is 12.0 Å². The summed E-state index contributed by atoms with van der Waals surface area (Å²) in [5, 5.41) is 8.24. The molecule has 172 valence electrons. The lowest BCUT2D eigenvalue weighted by Crippen LogP contribution is -2.50. The van der Waals surface area contributed by atoms with Gasteiger partial charge in [-0.25, -0.2) is 0 Å². The van der Waals surface area contributed by atoms with Crippen LogP contribution in [0.25, 0.3) is 10.8 Å². The molecule has 1 aliphatic heterocycles. The van der Waals surface area contributed by atoms with Gasteiger partial charge in [0.2, 0.25) is 5.91 Å². The Hall–Kier alpha value is -3.25. The number of carbonyl (C=O) groups excluding carboxylic acids is 2. The van der Waals surface area contributed by atoms with Crippen LogP contribution in [-0.4, -0.2) is 46.9 Å². The largest absolute Gasteiger partial charge is 0.350 e. The molecule has 3 aromatic rings. The summed E-state index contributed by atoms with van der Waals surface area (Å²) in [5.74, 6) is -0.0471. The molecule has 1 saturated heterocycles. The molecule has 1 aliphatic rings. The monoisotopic (exact) mass is 444 g/mol. The number of nitrogens with one attached hydrogen (secondary N) is 2. The van der Waals surface area contributed by atoms with Crippen molar-refractivity contribution in [3.05, 3.63) is 78.1 Å². The maximum Gasteiger partial charge on any atom is 0.251 e. The van der Waals surface area contributed by atoms with Gasteiger partial charge in [0.1, 0.15) is 6.04 Å². The summed E-state index contributed by atoms with van der Waals surface area (Å²) in [7, 11) is 0. The second-order valence-electron chi connectivity index (χ2n) is 9.27. The summed E-state index contributed by atoms with van der Waals surface area (Å²) in [4.78, 5) is 32.8. The van der Waals surface area contributed by atoms with E-state index < -0.39 is 6.04 Å².